The molecule has 27 heavy (non-hydrogen) atoms. The van der Waals surface area contributed by atoms with E-state index in [1.165, 1.54) is 77.0 Å². The molecule has 156 valence electrons. The van der Waals surface area contributed by atoms with Crippen LogP contribution >= 0.6 is 0 Å². The number of nitrogens with zero attached hydrogens (tertiary/aromatic N) is 2. The van der Waals surface area contributed by atoms with Crippen molar-refractivity contribution < 1.29 is 4.79 Å². The van der Waals surface area contributed by atoms with Crippen LogP contribution < -0.4 is 0 Å². The smallest absolute Gasteiger partial charge is 0.141 e. The van der Waals surface area contributed by atoms with Gasteiger partial charge in [-0.05, 0) is 25.2 Å². The number of carbonyl (C=O) groups is 1. The number of unbranched alkanes of at least 4 members (excludes halogenated alkanes) is 11. The van der Waals surface area contributed by atoms with Crippen LogP contribution in [0.25, 0.3) is 0 Å². The van der Waals surface area contributed by atoms with E-state index in [0.29, 0.717) is 11.8 Å². The molecule has 0 aliphatic rings. The summed E-state index contributed by atoms with van der Waals surface area (Å²) in [6.07, 6.45) is 19.6. The predicted octanol–water partition coefficient (Wildman–Crippen LogP) is 6.98. The summed E-state index contributed by atoms with van der Waals surface area (Å²) in [5.41, 5.74) is 1.26. The Hall–Kier alpha value is -1.19. The lowest BCUT2D eigenvalue weighted by molar-refractivity contribution is -0.120. The van der Waals surface area contributed by atoms with E-state index in [9.17, 15) is 4.79 Å². The third kappa shape index (κ3) is 12.8. The van der Waals surface area contributed by atoms with Crippen LogP contribution in [0.2, 0.25) is 0 Å². The Balaban J connectivity index is 1.82. The molecule has 1 N–H and O–H groups in total. The highest BCUT2D eigenvalue weighted by molar-refractivity contribution is 5.84. The third-order valence-electron chi connectivity index (χ3n) is 5.46. The molecule has 1 atom stereocenters. The Morgan fingerprint density at radius 2 is 1.37 bits per heavy atom. The fourth-order valence-corrected chi connectivity index (χ4v) is 3.52. The maximum atomic E-state index is 12.1. The number of hydrogen-bond acceptors (Lipinski definition) is 3. The molecular formula is C23H43N3O. The van der Waals surface area contributed by atoms with Crippen LogP contribution in [0.15, 0.2) is 6.20 Å². The lowest BCUT2D eigenvalue weighted by Crippen LogP contribution is -2.09. The summed E-state index contributed by atoms with van der Waals surface area (Å²) >= 11 is 0. The molecule has 0 saturated heterocycles. The molecule has 4 heteroatoms. The number of aromatic nitrogens is 3. The number of rotatable bonds is 16. The van der Waals surface area contributed by atoms with Crippen molar-refractivity contribution in [3.63, 3.8) is 0 Å². The lowest BCUT2D eigenvalue weighted by atomic mass is 9.89. The lowest BCUT2D eigenvalue weighted by Gasteiger charge is -2.17. The molecule has 0 radical (unpaired) electrons. The Bertz CT molecular complexity index is 476. The molecule has 0 aliphatic heterocycles. The van der Waals surface area contributed by atoms with E-state index in [2.05, 4.69) is 36.2 Å². The molecule has 0 aromatic carbocycles. The number of hydrogen-bond donors (Lipinski definition) is 1. The highest BCUT2D eigenvalue weighted by Crippen LogP contribution is 2.23. The zero-order valence-electron chi connectivity index (χ0n) is 18.4. The third-order valence-corrected chi connectivity index (χ3v) is 5.46. The Labute approximate surface area is 167 Å². The first-order valence-corrected chi connectivity index (χ1v) is 11.3. The van der Waals surface area contributed by atoms with Crippen molar-refractivity contribution in [3.05, 3.63) is 11.9 Å². The fourth-order valence-electron chi connectivity index (χ4n) is 3.52. The topological polar surface area (TPSA) is 58.6 Å². The summed E-state index contributed by atoms with van der Waals surface area (Å²) in [4.78, 5) is 12.1. The molecular weight excluding hydrogens is 334 g/mol. The molecule has 0 aliphatic carbocycles. The van der Waals surface area contributed by atoms with Crippen molar-refractivity contribution >= 4 is 5.78 Å². The van der Waals surface area contributed by atoms with Gasteiger partial charge in [0, 0.05) is 6.42 Å². The quantitative estimate of drug-likeness (QED) is 0.316. The number of ketones is 1. The molecule has 0 spiro atoms. The molecule has 1 heterocycles. The molecule has 0 saturated carbocycles. The second-order valence-corrected chi connectivity index (χ2v) is 9.39. The maximum Gasteiger partial charge on any atom is 0.141 e. The molecule has 0 amide bonds. The SMILES string of the molecule is CC(C(=O)CCCCCCCCCCCCCCC(C)(C)C)c1cn[nH]n1. The van der Waals surface area contributed by atoms with Gasteiger partial charge in [-0.15, -0.1) is 0 Å². The average Bonchev–Trinajstić information content (AvgIpc) is 3.14. The molecule has 1 unspecified atom stereocenters. The van der Waals surface area contributed by atoms with Crippen molar-refractivity contribution in [1.82, 2.24) is 15.4 Å². The van der Waals surface area contributed by atoms with Gasteiger partial charge >= 0.3 is 0 Å². The molecule has 1 rings (SSSR count). The zero-order valence-corrected chi connectivity index (χ0v) is 18.4. The highest BCUT2D eigenvalue weighted by Gasteiger charge is 2.16. The molecule has 0 bridgehead atoms. The van der Waals surface area contributed by atoms with Gasteiger partial charge in [-0.2, -0.15) is 15.4 Å². The van der Waals surface area contributed by atoms with Gasteiger partial charge in [-0.3, -0.25) is 4.79 Å². The van der Waals surface area contributed by atoms with E-state index in [1.54, 1.807) is 6.20 Å². The van der Waals surface area contributed by atoms with Crippen LogP contribution in [0.4, 0.5) is 0 Å². The van der Waals surface area contributed by atoms with Crippen LogP contribution in [0, 0.1) is 5.41 Å². The summed E-state index contributed by atoms with van der Waals surface area (Å²) in [6.45, 7) is 8.93. The van der Waals surface area contributed by atoms with Gasteiger partial charge in [0.15, 0.2) is 0 Å². The second-order valence-electron chi connectivity index (χ2n) is 9.39. The van der Waals surface area contributed by atoms with Crippen LogP contribution in [-0.2, 0) is 4.79 Å². The molecule has 4 nitrogen and oxygen atoms in total. The van der Waals surface area contributed by atoms with E-state index in [1.807, 2.05) is 6.92 Å². The fraction of sp³-hybridized carbons (Fsp3) is 0.870. The van der Waals surface area contributed by atoms with Gasteiger partial charge in [-0.25, -0.2) is 0 Å². The first-order valence-electron chi connectivity index (χ1n) is 11.3. The predicted molar refractivity (Wildman–Crippen MR) is 114 cm³/mol. The van der Waals surface area contributed by atoms with Gasteiger partial charge in [0.05, 0.1) is 17.8 Å². The Morgan fingerprint density at radius 1 is 0.889 bits per heavy atom. The molecule has 0 fully saturated rings. The number of H-pyrrole nitrogens is 1. The van der Waals surface area contributed by atoms with Crippen molar-refractivity contribution in [2.75, 3.05) is 0 Å². The van der Waals surface area contributed by atoms with E-state index in [-0.39, 0.29) is 11.7 Å². The van der Waals surface area contributed by atoms with E-state index in [4.69, 9.17) is 0 Å². The van der Waals surface area contributed by atoms with Crippen molar-refractivity contribution in [1.29, 1.82) is 0 Å². The average molecular weight is 378 g/mol. The molecule has 1 aromatic rings. The number of nitrogens with one attached hydrogen (secondary N) is 1. The first kappa shape index (κ1) is 23.8. The van der Waals surface area contributed by atoms with E-state index in [0.717, 1.165) is 12.1 Å². The van der Waals surface area contributed by atoms with Gasteiger partial charge in [-0.1, -0.05) is 91.4 Å². The summed E-state index contributed by atoms with van der Waals surface area (Å²) < 4.78 is 0. The summed E-state index contributed by atoms with van der Waals surface area (Å²) in [5, 5.41) is 10.4. The van der Waals surface area contributed by atoms with Crippen LogP contribution in [0.1, 0.15) is 129 Å². The maximum absolute atomic E-state index is 12.1. The summed E-state index contributed by atoms with van der Waals surface area (Å²) in [5.74, 6) is 0.156. The Kier molecular flexibility index (Phi) is 12.3. The van der Waals surface area contributed by atoms with Gasteiger partial charge in [0.2, 0.25) is 0 Å². The Morgan fingerprint density at radius 3 is 1.81 bits per heavy atom. The standard InChI is InChI=1S/C23H43N3O/c1-20(21-19-24-26-25-21)22(27)17-15-13-11-9-7-5-6-8-10-12-14-16-18-23(2,3)4/h19-20H,5-18H2,1-4H3,(H,24,25,26). The first-order chi connectivity index (χ1) is 12.9. The number of aromatic amines is 1. The largest absolute Gasteiger partial charge is 0.299 e. The van der Waals surface area contributed by atoms with Gasteiger partial charge in [0.1, 0.15) is 5.78 Å². The van der Waals surface area contributed by atoms with Crippen LogP contribution in [0.5, 0.6) is 0 Å². The summed E-state index contributed by atoms with van der Waals surface area (Å²) in [7, 11) is 0. The normalized spacial score (nSPS) is 13.0. The van der Waals surface area contributed by atoms with E-state index < -0.39 is 0 Å². The monoisotopic (exact) mass is 377 g/mol. The van der Waals surface area contributed by atoms with Crippen LogP contribution in [-0.4, -0.2) is 21.2 Å². The minimum atomic E-state index is -0.128. The highest BCUT2D eigenvalue weighted by atomic mass is 16.1. The van der Waals surface area contributed by atoms with Gasteiger partial charge in [0.25, 0.3) is 0 Å². The van der Waals surface area contributed by atoms with Gasteiger partial charge < -0.3 is 0 Å². The second kappa shape index (κ2) is 13.9. The zero-order chi connectivity index (χ0) is 20.0. The van der Waals surface area contributed by atoms with E-state index >= 15 is 0 Å². The minimum absolute atomic E-state index is 0.128. The number of Topliss-reactive ketones (excluding diaryl/α,β-unsaturated/α-hetero) is 1. The molecule has 1 aromatic heterocycles. The van der Waals surface area contributed by atoms with Crippen molar-refractivity contribution in [3.8, 4) is 0 Å². The van der Waals surface area contributed by atoms with Crippen molar-refractivity contribution in [2.24, 2.45) is 5.41 Å². The number of carbonyl (C=O) groups excluding carboxylic acids is 1. The summed E-state index contributed by atoms with van der Waals surface area (Å²) in [6, 6.07) is 0. The minimum Gasteiger partial charge on any atom is -0.299 e. The van der Waals surface area contributed by atoms with Crippen molar-refractivity contribution in [2.45, 2.75) is 124 Å². The van der Waals surface area contributed by atoms with Crippen LogP contribution in [0.3, 0.4) is 0 Å².